The van der Waals surface area contributed by atoms with Gasteiger partial charge in [0, 0.05) is 12.5 Å². The Morgan fingerprint density at radius 1 is 1.19 bits per heavy atom. The van der Waals surface area contributed by atoms with Gasteiger partial charge >= 0.3 is 0 Å². The fraction of sp³-hybridized carbons (Fsp3) is 0.250. The predicted molar refractivity (Wildman–Crippen MR) is 59.8 cm³/mol. The second-order valence-corrected chi connectivity index (χ2v) is 3.32. The molecule has 4 nitrogen and oxygen atoms in total. The molecule has 0 N–H and O–H groups in total. The van der Waals surface area contributed by atoms with Crippen LogP contribution >= 0.6 is 0 Å². The number of ether oxygens (including phenoxy) is 2. The molecule has 1 aromatic carbocycles. The quantitative estimate of drug-likeness (QED) is 0.796. The van der Waals surface area contributed by atoms with Crippen LogP contribution in [0.2, 0.25) is 0 Å². The number of aromatic nitrogens is 1. The normalized spacial score (nSPS) is 10.2. The fourth-order valence-electron chi connectivity index (χ4n) is 1.50. The van der Waals surface area contributed by atoms with Gasteiger partial charge in [0.15, 0.2) is 5.89 Å². The number of rotatable bonds is 3. The van der Waals surface area contributed by atoms with E-state index in [1.165, 1.54) is 0 Å². The van der Waals surface area contributed by atoms with E-state index in [4.69, 9.17) is 13.9 Å². The van der Waals surface area contributed by atoms with Crippen molar-refractivity contribution in [2.24, 2.45) is 0 Å². The maximum atomic E-state index is 5.27. The maximum Gasteiger partial charge on any atom is 0.191 e. The first-order valence-electron chi connectivity index (χ1n) is 4.89. The van der Waals surface area contributed by atoms with Crippen LogP contribution in [0.4, 0.5) is 0 Å². The van der Waals surface area contributed by atoms with E-state index >= 15 is 0 Å². The standard InChI is InChI=1S/C12H13NO3/c1-8-13-11(7-16-8)10-6-9(14-2)4-5-12(10)15-3/h4-7H,1-3H3. The van der Waals surface area contributed by atoms with Gasteiger partial charge in [-0.25, -0.2) is 4.98 Å². The molecule has 0 saturated carbocycles. The first-order chi connectivity index (χ1) is 7.74. The van der Waals surface area contributed by atoms with Gasteiger partial charge in [-0.05, 0) is 18.2 Å². The summed E-state index contributed by atoms with van der Waals surface area (Å²) in [5, 5.41) is 0. The summed E-state index contributed by atoms with van der Waals surface area (Å²) in [6.07, 6.45) is 1.60. The molecule has 0 radical (unpaired) electrons. The van der Waals surface area contributed by atoms with Crippen molar-refractivity contribution in [3.05, 3.63) is 30.4 Å². The SMILES string of the molecule is COc1ccc(OC)c(-c2coc(C)n2)c1. The van der Waals surface area contributed by atoms with Crippen molar-refractivity contribution in [2.45, 2.75) is 6.92 Å². The van der Waals surface area contributed by atoms with Gasteiger partial charge < -0.3 is 13.9 Å². The van der Waals surface area contributed by atoms with E-state index < -0.39 is 0 Å². The number of hydrogen-bond acceptors (Lipinski definition) is 4. The second kappa shape index (κ2) is 4.26. The minimum absolute atomic E-state index is 0.625. The van der Waals surface area contributed by atoms with E-state index in [-0.39, 0.29) is 0 Å². The van der Waals surface area contributed by atoms with Gasteiger partial charge in [0.25, 0.3) is 0 Å². The van der Waals surface area contributed by atoms with Crippen LogP contribution in [-0.2, 0) is 0 Å². The van der Waals surface area contributed by atoms with Gasteiger partial charge in [-0.2, -0.15) is 0 Å². The molecule has 0 bridgehead atoms. The Balaban J connectivity index is 2.52. The summed E-state index contributed by atoms with van der Waals surface area (Å²) in [5.74, 6) is 2.13. The van der Waals surface area contributed by atoms with Crippen LogP contribution in [0.25, 0.3) is 11.3 Å². The van der Waals surface area contributed by atoms with Crippen molar-refractivity contribution in [3.8, 4) is 22.8 Å². The summed E-state index contributed by atoms with van der Waals surface area (Å²) in [6.45, 7) is 1.80. The Hall–Kier alpha value is -1.97. The largest absolute Gasteiger partial charge is 0.497 e. The third-order valence-electron chi connectivity index (χ3n) is 2.30. The lowest BCUT2D eigenvalue weighted by molar-refractivity contribution is 0.404. The zero-order chi connectivity index (χ0) is 11.5. The molecule has 0 amide bonds. The highest BCUT2D eigenvalue weighted by atomic mass is 16.5. The zero-order valence-electron chi connectivity index (χ0n) is 9.48. The first-order valence-corrected chi connectivity index (χ1v) is 4.89. The topological polar surface area (TPSA) is 44.5 Å². The molecule has 16 heavy (non-hydrogen) atoms. The van der Waals surface area contributed by atoms with Gasteiger partial charge in [-0.1, -0.05) is 0 Å². The molecule has 4 heteroatoms. The maximum absolute atomic E-state index is 5.27. The average Bonchev–Trinajstić information content (AvgIpc) is 2.75. The first kappa shape index (κ1) is 10.5. The van der Waals surface area contributed by atoms with Crippen molar-refractivity contribution in [1.29, 1.82) is 0 Å². The Morgan fingerprint density at radius 3 is 2.56 bits per heavy atom. The molecule has 2 rings (SSSR count). The third-order valence-corrected chi connectivity index (χ3v) is 2.30. The van der Waals surface area contributed by atoms with Crippen LogP contribution in [0.1, 0.15) is 5.89 Å². The summed E-state index contributed by atoms with van der Waals surface area (Å²) in [7, 11) is 3.25. The van der Waals surface area contributed by atoms with Gasteiger partial charge in [-0.3, -0.25) is 0 Å². The third kappa shape index (κ3) is 1.86. The summed E-state index contributed by atoms with van der Waals surface area (Å²) in [6, 6.07) is 5.56. The molecule has 0 spiro atoms. The molecule has 0 aliphatic heterocycles. The van der Waals surface area contributed by atoms with Crippen molar-refractivity contribution >= 4 is 0 Å². The number of methoxy groups -OCH3 is 2. The number of benzene rings is 1. The van der Waals surface area contributed by atoms with Crippen molar-refractivity contribution in [3.63, 3.8) is 0 Å². The summed E-state index contributed by atoms with van der Waals surface area (Å²) in [5.41, 5.74) is 1.60. The molecule has 1 aromatic heterocycles. The average molecular weight is 219 g/mol. The zero-order valence-corrected chi connectivity index (χ0v) is 9.48. The van der Waals surface area contributed by atoms with E-state index in [9.17, 15) is 0 Å². The molecule has 0 aliphatic carbocycles. The van der Waals surface area contributed by atoms with Gasteiger partial charge in [0.2, 0.25) is 0 Å². The second-order valence-electron chi connectivity index (χ2n) is 3.32. The monoisotopic (exact) mass is 219 g/mol. The van der Waals surface area contributed by atoms with Crippen molar-refractivity contribution < 1.29 is 13.9 Å². The van der Waals surface area contributed by atoms with Gasteiger partial charge in [0.1, 0.15) is 23.5 Å². The lowest BCUT2D eigenvalue weighted by Crippen LogP contribution is -1.90. The van der Waals surface area contributed by atoms with E-state index in [1.807, 2.05) is 18.2 Å². The van der Waals surface area contributed by atoms with Crippen LogP contribution < -0.4 is 9.47 Å². The van der Waals surface area contributed by atoms with Gasteiger partial charge in [-0.15, -0.1) is 0 Å². The summed E-state index contributed by atoms with van der Waals surface area (Å²) >= 11 is 0. The molecule has 84 valence electrons. The molecule has 0 aliphatic rings. The molecule has 1 heterocycles. The van der Waals surface area contributed by atoms with Crippen LogP contribution in [0.15, 0.2) is 28.9 Å². The van der Waals surface area contributed by atoms with Crippen LogP contribution in [-0.4, -0.2) is 19.2 Å². The Bertz CT molecular complexity index is 491. The number of nitrogens with zero attached hydrogens (tertiary/aromatic N) is 1. The molecular formula is C12H13NO3. The molecule has 0 fully saturated rings. The minimum atomic E-state index is 0.625. The Morgan fingerprint density at radius 2 is 2.00 bits per heavy atom. The van der Waals surface area contributed by atoms with Crippen LogP contribution in [0, 0.1) is 6.92 Å². The van der Waals surface area contributed by atoms with E-state index in [0.717, 1.165) is 22.8 Å². The highest BCUT2D eigenvalue weighted by Gasteiger charge is 2.10. The number of oxazole rings is 1. The summed E-state index contributed by atoms with van der Waals surface area (Å²) < 4.78 is 15.6. The molecule has 2 aromatic rings. The van der Waals surface area contributed by atoms with Crippen LogP contribution in [0.3, 0.4) is 0 Å². The Kier molecular flexibility index (Phi) is 2.81. The van der Waals surface area contributed by atoms with E-state index in [0.29, 0.717) is 5.89 Å². The van der Waals surface area contributed by atoms with Crippen LogP contribution in [0.5, 0.6) is 11.5 Å². The smallest absolute Gasteiger partial charge is 0.191 e. The molecule has 0 saturated heterocycles. The number of hydrogen-bond donors (Lipinski definition) is 0. The summed E-state index contributed by atoms with van der Waals surface area (Å²) in [4.78, 5) is 4.26. The minimum Gasteiger partial charge on any atom is -0.497 e. The van der Waals surface area contributed by atoms with E-state index in [1.54, 1.807) is 27.4 Å². The fourth-order valence-corrected chi connectivity index (χ4v) is 1.50. The number of aryl methyl sites for hydroxylation is 1. The molecule has 0 unspecified atom stereocenters. The van der Waals surface area contributed by atoms with Crippen molar-refractivity contribution in [2.75, 3.05) is 14.2 Å². The lowest BCUT2D eigenvalue weighted by atomic mass is 10.1. The van der Waals surface area contributed by atoms with Gasteiger partial charge in [0.05, 0.1) is 14.2 Å². The highest BCUT2D eigenvalue weighted by molar-refractivity contribution is 5.68. The predicted octanol–water partition coefficient (Wildman–Crippen LogP) is 2.67. The lowest BCUT2D eigenvalue weighted by Gasteiger charge is -2.07. The highest BCUT2D eigenvalue weighted by Crippen LogP contribution is 2.32. The molecular weight excluding hydrogens is 206 g/mol. The Labute approximate surface area is 93.8 Å². The van der Waals surface area contributed by atoms with E-state index in [2.05, 4.69) is 4.98 Å². The van der Waals surface area contributed by atoms with Crippen molar-refractivity contribution in [1.82, 2.24) is 4.98 Å². The molecule has 0 atom stereocenters.